The summed E-state index contributed by atoms with van der Waals surface area (Å²) in [5.41, 5.74) is 2.31. The van der Waals surface area contributed by atoms with Crippen molar-refractivity contribution in [2.24, 2.45) is 0 Å². The van der Waals surface area contributed by atoms with Crippen LogP contribution in [0.5, 0.6) is 11.5 Å². The van der Waals surface area contributed by atoms with Crippen molar-refractivity contribution < 1.29 is 14.3 Å². The van der Waals surface area contributed by atoms with E-state index in [4.69, 9.17) is 9.47 Å². The molecule has 1 saturated heterocycles. The number of anilines is 1. The van der Waals surface area contributed by atoms with Gasteiger partial charge in [0.15, 0.2) is 0 Å². The van der Waals surface area contributed by atoms with E-state index in [1.54, 1.807) is 7.11 Å². The van der Waals surface area contributed by atoms with E-state index in [0.717, 1.165) is 43.4 Å². The Morgan fingerprint density at radius 2 is 1.77 bits per heavy atom. The van der Waals surface area contributed by atoms with E-state index in [1.165, 1.54) is 5.56 Å². The average Bonchev–Trinajstić information content (AvgIpc) is 2.69. The molecule has 1 aliphatic rings. The lowest BCUT2D eigenvalue weighted by molar-refractivity contribution is -0.132. The number of benzene rings is 2. The second-order valence-corrected chi connectivity index (χ2v) is 6.45. The zero-order chi connectivity index (χ0) is 18.4. The third kappa shape index (κ3) is 4.48. The van der Waals surface area contributed by atoms with Crippen LogP contribution in [0.3, 0.4) is 0 Å². The molecule has 5 heteroatoms. The molecule has 2 aromatic rings. The van der Waals surface area contributed by atoms with Gasteiger partial charge in [-0.3, -0.25) is 4.79 Å². The lowest BCUT2D eigenvalue weighted by Gasteiger charge is -2.36. The SMILES string of the molecule is COc1ccc(C)cc1N1CCN(C(=O)CCOc2ccccc2)CC1. The standard InChI is InChI=1S/C21H26N2O3/c1-17-8-9-20(25-2)19(16-17)22-11-13-23(14-12-22)21(24)10-15-26-18-6-4-3-5-7-18/h3-9,16H,10-15H2,1-2H3. The number of para-hydroxylation sites is 1. The van der Waals surface area contributed by atoms with Crippen molar-refractivity contribution in [3.8, 4) is 11.5 Å². The zero-order valence-electron chi connectivity index (χ0n) is 15.5. The number of rotatable bonds is 6. The molecular weight excluding hydrogens is 328 g/mol. The van der Waals surface area contributed by atoms with Crippen LogP contribution < -0.4 is 14.4 Å². The van der Waals surface area contributed by atoms with E-state index in [9.17, 15) is 4.79 Å². The minimum Gasteiger partial charge on any atom is -0.495 e. The van der Waals surface area contributed by atoms with Gasteiger partial charge < -0.3 is 19.3 Å². The summed E-state index contributed by atoms with van der Waals surface area (Å²) in [6, 6.07) is 15.8. The van der Waals surface area contributed by atoms with Crippen molar-refractivity contribution in [3.05, 3.63) is 54.1 Å². The van der Waals surface area contributed by atoms with Gasteiger partial charge in [-0.05, 0) is 36.8 Å². The van der Waals surface area contributed by atoms with Gasteiger partial charge in [0.25, 0.3) is 0 Å². The predicted octanol–water partition coefficient (Wildman–Crippen LogP) is 3.12. The zero-order valence-corrected chi connectivity index (χ0v) is 15.5. The van der Waals surface area contributed by atoms with E-state index in [-0.39, 0.29) is 5.91 Å². The highest BCUT2D eigenvalue weighted by molar-refractivity contribution is 5.76. The Labute approximate surface area is 155 Å². The summed E-state index contributed by atoms with van der Waals surface area (Å²) in [6.45, 7) is 5.56. The number of ether oxygens (including phenoxy) is 2. The smallest absolute Gasteiger partial charge is 0.226 e. The number of hydrogen-bond acceptors (Lipinski definition) is 4. The Kier molecular flexibility index (Phi) is 6.00. The van der Waals surface area contributed by atoms with Crippen LogP contribution in [0.25, 0.3) is 0 Å². The van der Waals surface area contributed by atoms with Gasteiger partial charge in [0.05, 0.1) is 25.8 Å². The molecule has 3 rings (SSSR count). The molecule has 1 fully saturated rings. The summed E-state index contributed by atoms with van der Waals surface area (Å²) in [6.07, 6.45) is 0.405. The van der Waals surface area contributed by atoms with Crippen LogP contribution in [0, 0.1) is 6.92 Å². The van der Waals surface area contributed by atoms with Gasteiger partial charge in [0.2, 0.25) is 5.91 Å². The number of aryl methyl sites for hydroxylation is 1. The highest BCUT2D eigenvalue weighted by Crippen LogP contribution is 2.30. The Balaban J connectivity index is 1.49. The van der Waals surface area contributed by atoms with Crippen molar-refractivity contribution in [2.75, 3.05) is 44.8 Å². The molecule has 1 amide bonds. The number of carbonyl (C=O) groups is 1. The van der Waals surface area contributed by atoms with Gasteiger partial charge in [0.1, 0.15) is 11.5 Å². The summed E-state index contributed by atoms with van der Waals surface area (Å²) < 4.78 is 11.1. The van der Waals surface area contributed by atoms with Crippen LogP contribution in [0.2, 0.25) is 0 Å². The molecule has 0 aromatic heterocycles. The van der Waals surface area contributed by atoms with Crippen LogP contribution in [0.4, 0.5) is 5.69 Å². The van der Waals surface area contributed by atoms with Crippen molar-refractivity contribution in [3.63, 3.8) is 0 Å². The quantitative estimate of drug-likeness (QED) is 0.799. The summed E-state index contributed by atoms with van der Waals surface area (Å²) >= 11 is 0. The van der Waals surface area contributed by atoms with Crippen LogP contribution in [0.15, 0.2) is 48.5 Å². The fourth-order valence-corrected chi connectivity index (χ4v) is 3.17. The van der Waals surface area contributed by atoms with E-state index in [2.05, 4.69) is 24.0 Å². The van der Waals surface area contributed by atoms with Crippen LogP contribution in [0.1, 0.15) is 12.0 Å². The summed E-state index contributed by atoms with van der Waals surface area (Å²) in [7, 11) is 1.70. The Hall–Kier alpha value is -2.69. The van der Waals surface area contributed by atoms with E-state index in [0.29, 0.717) is 13.0 Å². The first-order valence-electron chi connectivity index (χ1n) is 9.02. The fraction of sp³-hybridized carbons (Fsp3) is 0.381. The van der Waals surface area contributed by atoms with Crippen molar-refractivity contribution in [1.82, 2.24) is 4.90 Å². The Morgan fingerprint density at radius 3 is 2.46 bits per heavy atom. The van der Waals surface area contributed by atoms with Crippen LogP contribution >= 0.6 is 0 Å². The number of methoxy groups -OCH3 is 1. The highest BCUT2D eigenvalue weighted by atomic mass is 16.5. The van der Waals surface area contributed by atoms with Gasteiger partial charge in [0, 0.05) is 26.2 Å². The molecule has 1 heterocycles. The third-order valence-corrected chi connectivity index (χ3v) is 4.64. The molecule has 0 bridgehead atoms. The summed E-state index contributed by atoms with van der Waals surface area (Å²) in [4.78, 5) is 16.6. The number of hydrogen-bond donors (Lipinski definition) is 0. The molecule has 0 atom stereocenters. The molecular formula is C21H26N2O3. The monoisotopic (exact) mass is 354 g/mol. The Bertz CT molecular complexity index is 725. The lowest BCUT2D eigenvalue weighted by Crippen LogP contribution is -2.49. The normalized spacial score (nSPS) is 14.2. The molecule has 0 aliphatic carbocycles. The van der Waals surface area contributed by atoms with Crippen LogP contribution in [-0.4, -0.2) is 50.7 Å². The number of piperazine rings is 1. The topological polar surface area (TPSA) is 42.0 Å². The highest BCUT2D eigenvalue weighted by Gasteiger charge is 2.22. The minimum atomic E-state index is 0.150. The molecule has 0 radical (unpaired) electrons. The maximum atomic E-state index is 12.4. The number of amides is 1. The first-order chi connectivity index (χ1) is 12.7. The van der Waals surface area contributed by atoms with E-state index in [1.807, 2.05) is 41.3 Å². The summed E-state index contributed by atoms with van der Waals surface area (Å²) in [5, 5.41) is 0. The second-order valence-electron chi connectivity index (χ2n) is 6.45. The van der Waals surface area contributed by atoms with Gasteiger partial charge in [-0.15, -0.1) is 0 Å². The molecule has 0 unspecified atom stereocenters. The number of nitrogens with zero attached hydrogens (tertiary/aromatic N) is 2. The van der Waals surface area contributed by atoms with Gasteiger partial charge in [-0.25, -0.2) is 0 Å². The average molecular weight is 354 g/mol. The molecule has 26 heavy (non-hydrogen) atoms. The first kappa shape index (κ1) is 18.1. The molecule has 2 aromatic carbocycles. The van der Waals surface area contributed by atoms with Crippen LogP contribution in [-0.2, 0) is 4.79 Å². The van der Waals surface area contributed by atoms with Crippen molar-refractivity contribution in [1.29, 1.82) is 0 Å². The molecule has 5 nitrogen and oxygen atoms in total. The van der Waals surface area contributed by atoms with E-state index >= 15 is 0 Å². The maximum Gasteiger partial charge on any atom is 0.226 e. The third-order valence-electron chi connectivity index (χ3n) is 4.64. The largest absolute Gasteiger partial charge is 0.495 e. The predicted molar refractivity (Wildman–Crippen MR) is 103 cm³/mol. The second kappa shape index (κ2) is 8.61. The fourth-order valence-electron chi connectivity index (χ4n) is 3.17. The lowest BCUT2D eigenvalue weighted by atomic mass is 10.1. The Morgan fingerprint density at radius 1 is 1.04 bits per heavy atom. The minimum absolute atomic E-state index is 0.150. The summed E-state index contributed by atoms with van der Waals surface area (Å²) in [5.74, 6) is 1.83. The molecule has 0 spiro atoms. The van der Waals surface area contributed by atoms with Crippen molar-refractivity contribution in [2.45, 2.75) is 13.3 Å². The number of carbonyl (C=O) groups excluding carboxylic acids is 1. The maximum absolute atomic E-state index is 12.4. The molecule has 138 valence electrons. The van der Waals surface area contributed by atoms with E-state index < -0.39 is 0 Å². The van der Waals surface area contributed by atoms with Crippen molar-refractivity contribution >= 4 is 11.6 Å². The van der Waals surface area contributed by atoms with Gasteiger partial charge >= 0.3 is 0 Å². The molecule has 0 saturated carbocycles. The molecule has 1 aliphatic heterocycles. The first-order valence-corrected chi connectivity index (χ1v) is 9.02. The molecule has 0 N–H and O–H groups in total. The van der Waals surface area contributed by atoms with Gasteiger partial charge in [-0.1, -0.05) is 24.3 Å². The van der Waals surface area contributed by atoms with Gasteiger partial charge in [-0.2, -0.15) is 0 Å².